The van der Waals surface area contributed by atoms with E-state index in [9.17, 15) is 5.26 Å². The van der Waals surface area contributed by atoms with Crippen molar-refractivity contribution in [2.45, 2.75) is 26.9 Å². The third-order valence-corrected chi connectivity index (χ3v) is 3.15. The second-order valence-electron chi connectivity index (χ2n) is 5.30. The molecule has 0 aliphatic rings. The fourth-order valence-electron chi connectivity index (χ4n) is 2.22. The van der Waals surface area contributed by atoms with Crippen LogP contribution >= 0.6 is 0 Å². The number of hydrogen-bond acceptors (Lipinski definition) is 5. The van der Waals surface area contributed by atoms with Gasteiger partial charge in [-0.25, -0.2) is 9.97 Å². The lowest BCUT2D eigenvalue weighted by Crippen LogP contribution is -2.09. The number of H-pyrrole nitrogens is 1. The molecule has 0 unspecified atom stereocenters. The molecule has 110 valence electrons. The highest BCUT2D eigenvalue weighted by atomic mass is 16.5. The van der Waals surface area contributed by atoms with E-state index in [0.717, 1.165) is 22.2 Å². The van der Waals surface area contributed by atoms with Crippen LogP contribution in [0.5, 0.6) is 6.01 Å². The van der Waals surface area contributed by atoms with E-state index in [0.29, 0.717) is 11.3 Å². The number of aryl methyl sites for hydroxylation is 1. The number of nitrogens with one attached hydrogen (secondary N) is 1. The number of pyridine rings is 1. The summed E-state index contributed by atoms with van der Waals surface area (Å²) >= 11 is 0. The van der Waals surface area contributed by atoms with Gasteiger partial charge in [-0.15, -0.1) is 0 Å². The molecular weight excluding hydrogens is 278 g/mol. The first-order chi connectivity index (χ1) is 10.6. The highest BCUT2D eigenvalue weighted by molar-refractivity contribution is 5.94. The Morgan fingerprint density at radius 1 is 1.27 bits per heavy atom. The lowest BCUT2D eigenvalue weighted by atomic mass is 10.1. The van der Waals surface area contributed by atoms with E-state index in [1.165, 1.54) is 6.20 Å². The number of aromatic amines is 1. The number of rotatable bonds is 3. The maximum absolute atomic E-state index is 9.32. The molecule has 0 amide bonds. The Bertz CT molecular complexity index is 876. The van der Waals surface area contributed by atoms with Gasteiger partial charge in [0.25, 0.3) is 0 Å². The van der Waals surface area contributed by atoms with Crippen molar-refractivity contribution in [3.05, 3.63) is 35.8 Å². The third-order valence-electron chi connectivity index (χ3n) is 3.15. The van der Waals surface area contributed by atoms with Gasteiger partial charge in [0.15, 0.2) is 0 Å². The fraction of sp³-hybridized carbons (Fsp3) is 0.250. The maximum atomic E-state index is 9.32. The number of fused-ring (bicyclic) bond motifs is 1. The first kappa shape index (κ1) is 14.0. The smallest absolute Gasteiger partial charge is 0.317 e. The van der Waals surface area contributed by atoms with Gasteiger partial charge in [-0.1, -0.05) is 0 Å². The van der Waals surface area contributed by atoms with Gasteiger partial charge in [-0.2, -0.15) is 10.2 Å². The molecule has 0 atom stereocenters. The molecule has 3 aromatic rings. The van der Waals surface area contributed by atoms with Gasteiger partial charge in [-0.3, -0.25) is 0 Å². The normalized spacial score (nSPS) is 10.9. The molecule has 3 rings (SSSR count). The summed E-state index contributed by atoms with van der Waals surface area (Å²) in [5, 5.41) is 10.2. The Balaban J connectivity index is 2.20. The van der Waals surface area contributed by atoms with Crippen molar-refractivity contribution in [1.82, 2.24) is 19.9 Å². The number of aromatic nitrogens is 4. The van der Waals surface area contributed by atoms with Gasteiger partial charge in [-0.05, 0) is 32.4 Å². The highest BCUT2D eigenvalue weighted by Gasteiger charge is 2.15. The third kappa shape index (κ3) is 2.49. The predicted molar refractivity (Wildman–Crippen MR) is 82.3 cm³/mol. The predicted octanol–water partition coefficient (Wildman–Crippen LogP) is 2.99. The summed E-state index contributed by atoms with van der Waals surface area (Å²) in [4.78, 5) is 15.9. The van der Waals surface area contributed by atoms with E-state index in [4.69, 9.17) is 4.74 Å². The average Bonchev–Trinajstić information content (AvgIpc) is 2.89. The van der Waals surface area contributed by atoms with Crippen molar-refractivity contribution >= 4 is 11.0 Å². The number of nitrogens with zero attached hydrogens (tertiary/aromatic N) is 4. The summed E-state index contributed by atoms with van der Waals surface area (Å²) in [5.74, 6) is 0. The molecule has 6 heteroatoms. The molecule has 3 heterocycles. The van der Waals surface area contributed by atoms with Crippen molar-refractivity contribution in [2.24, 2.45) is 0 Å². The molecule has 0 saturated carbocycles. The van der Waals surface area contributed by atoms with Gasteiger partial charge >= 0.3 is 6.01 Å². The molecule has 3 aromatic heterocycles. The Morgan fingerprint density at radius 2 is 2.09 bits per heavy atom. The first-order valence-corrected chi connectivity index (χ1v) is 6.96. The van der Waals surface area contributed by atoms with E-state index in [2.05, 4.69) is 26.0 Å². The minimum Gasteiger partial charge on any atom is -0.461 e. The van der Waals surface area contributed by atoms with Crippen LogP contribution in [0.15, 0.2) is 24.7 Å². The quantitative estimate of drug-likeness (QED) is 0.802. The Morgan fingerprint density at radius 3 is 2.82 bits per heavy atom. The van der Waals surface area contributed by atoms with Crippen LogP contribution in [0.25, 0.3) is 22.3 Å². The zero-order valence-electron chi connectivity index (χ0n) is 12.6. The lowest BCUT2D eigenvalue weighted by Gasteiger charge is -2.09. The van der Waals surface area contributed by atoms with Crippen LogP contribution in [-0.4, -0.2) is 26.0 Å². The second kappa shape index (κ2) is 5.45. The summed E-state index contributed by atoms with van der Waals surface area (Å²) in [6.45, 7) is 5.78. The van der Waals surface area contributed by atoms with Crippen LogP contribution in [0.3, 0.4) is 0 Å². The number of nitriles is 1. The molecule has 0 radical (unpaired) electrons. The standard InChI is InChI=1S/C16H15N5O/c1-9(2)22-16-20-7-11(5-17)14(21-16)13-8-19-15-12(13)4-10(3)6-18-15/h4,6-9H,1-3H3,(H,18,19). The van der Waals surface area contributed by atoms with Gasteiger partial charge in [0.1, 0.15) is 11.7 Å². The molecular formula is C16H15N5O. The first-order valence-electron chi connectivity index (χ1n) is 6.96. The molecule has 22 heavy (non-hydrogen) atoms. The topological polar surface area (TPSA) is 87.5 Å². The highest BCUT2D eigenvalue weighted by Crippen LogP contribution is 2.30. The van der Waals surface area contributed by atoms with E-state index in [-0.39, 0.29) is 12.1 Å². The van der Waals surface area contributed by atoms with Gasteiger partial charge in [0, 0.05) is 23.3 Å². The molecule has 0 fully saturated rings. The largest absolute Gasteiger partial charge is 0.461 e. The summed E-state index contributed by atoms with van der Waals surface area (Å²) < 4.78 is 5.53. The van der Waals surface area contributed by atoms with Crippen LogP contribution in [0, 0.1) is 18.3 Å². The minimum atomic E-state index is -0.0346. The SMILES string of the molecule is Cc1cnc2[nH]cc(-c3nc(OC(C)C)ncc3C#N)c2c1. The van der Waals surface area contributed by atoms with Crippen molar-refractivity contribution in [1.29, 1.82) is 5.26 Å². The van der Waals surface area contributed by atoms with E-state index >= 15 is 0 Å². The maximum Gasteiger partial charge on any atom is 0.317 e. The van der Waals surface area contributed by atoms with Gasteiger partial charge in [0.2, 0.25) is 0 Å². The summed E-state index contributed by atoms with van der Waals surface area (Å²) in [6.07, 6.45) is 5.05. The lowest BCUT2D eigenvalue weighted by molar-refractivity contribution is 0.222. The molecule has 6 nitrogen and oxygen atoms in total. The fourth-order valence-corrected chi connectivity index (χ4v) is 2.22. The van der Waals surface area contributed by atoms with E-state index < -0.39 is 0 Å². The number of hydrogen-bond donors (Lipinski definition) is 1. The Hall–Kier alpha value is -2.94. The zero-order valence-corrected chi connectivity index (χ0v) is 12.6. The van der Waals surface area contributed by atoms with Crippen molar-refractivity contribution in [2.75, 3.05) is 0 Å². The van der Waals surface area contributed by atoms with Crippen LogP contribution < -0.4 is 4.74 Å². The van der Waals surface area contributed by atoms with Gasteiger partial charge in [0.05, 0.1) is 23.6 Å². The van der Waals surface area contributed by atoms with Crippen LogP contribution in [-0.2, 0) is 0 Å². The summed E-state index contributed by atoms with van der Waals surface area (Å²) in [6, 6.07) is 4.41. The van der Waals surface area contributed by atoms with Crippen molar-refractivity contribution in [3.63, 3.8) is 0 Å². The molecule has 0 spiro atoms. The summed E-state index contributed by atoms with van der Waals surface area (Å²) in [5.41, 5.74) is 3.57. The average molecular weight is 293 g/mol. The molecule has 0 aliphatic heterocycles. The van der Waals surface area contributed by atoms with E-state index in [1.807, 2.05) is 26.8 Å². The molecule has 0 aliphatic carbocycles. The molecule has 0 aromatic carbocycles. The second-order valence-corrected chi connectivity index (χ2v) is 5.30. The zero-order chi connectivity index (χ0) is 15.7. The minimum absolute atomic E-state index is 0.0346. The van der Waals surface area contributed by atoms with Crippen molar-refractivity contribution < 1.29 is 4.74 Å². The van der Waals surface area contributed by atoms with Crippen LogP contribution in [0.2, 0.25) is 0 Å². The van der Waals surface area contributed by atoms with Crippen LogP contribution in [0.4, 0.5) is 0 Å². The number of ether oxygens (including phenoxy) is 1. The molecule has 0 bridgehead atoms. The van der Waals surface area contributed by atoms with Gasteiger partial charge < -0.3 is 9.72 Å². The van der Waals surface area contributed by atoms with Crippen molar-refractivity contribution in [3.8, 4) is 23.3 Å². The molecule has 0 saturated heterocycles. The Labute approximate surface area is 127 Å². The summed E-state index contributed by atoms with van der Waals surface area (Å²) in [7, 11) is 0. The Kier molecular flexibility index (Phi) is 3.47. The van der Waals surface area contributed by atoms with Crippen LogP contribution in [0.1, 0.15) is 25.0 Å². The molecule has 1 N–H and O–H groups in total. The monoisotopic (exact) mass is 293 g/mol. The van der Waals surface area contributed by atoms with E-state index in [1.54, 1.807) is 12.4 Å².